The zero-order valence-corrected chi connectivity index (χ0v) is 23.4. The van der Waals surface area contributed by atoms with Crippen LogP contribution in [0.15, 0.2) is 30.4 Å². The maximum absolute atomic E-state index is 12.8. The van der Waals surface area contributed by atoms with E-state index in [4.69, 9.17) is 0 Å². The van der Waals surface area contributed by atoms with Crippen LogP contribution in [0.5, 0.6) is 0 Å². The van der Waals surface area contributed by atoms with Gasteiger partial charge in [-0.3, -0.25) is 28.9 Å². The Morgan fingerprint density at radius 1 is 0.944 bits per heavy atom. The van der Waals surface area contributed by atoms with Crippen LogP contribution in [-0.2, 0) is 28.4 Å². The lowest BCUT2D eigenvalue weighted by Crippen LogP contribution is -2.53. The van der Waals surface area contributed by atoms with E-state index in [1.807, 2.05) is 39.0 Å². The van der Waals surface area contributed by atoms with E-state index in [1.165, 1.54) is 22.6 Å². The second kappa shape index (κ2) is 14.1. The summed E-state index contributed by atoms with van der Waals surface area (Å²) in [5.41, 5.74) is 2.94. The number of amides is 5. The molecule has 196 valence electrons. The van der Waals surface area contributed by atoms with Gasteiger partial charge in [0, 0.05) is 35.2 Å². The number of unbranched alkanes of at least 4 members (excludes halogenated alkanes) is 2. The van der Waals surface area contributed by atoms with Gasteiger partial charge in [0.05, 0.1) is 0 Å². The van der Waals surface area contributed by atoms with E-state index >= 15 is 0 Å². The van der Waals surface area contributed by atoms with Crippen molar-refractivity contribution in [1.29, 1.82) is 0 Å². The highest BCUT2D eigenvalue weighted by Gasteiger charge is 2.27. The minimum Gasteiger partial charge on any atom is -0.344 e. The first-order valence-corrected chi connectivity index (χ1v) is 13.7. The quantitative estimate of drug-likeness (QED) is 0.137. The Hall–Kier alpha value is -2.76. The zero-order chi connectivity index (χ0) is 26.8. The van der Waals surface area contributed by atoms with E-state index in [9.17, 15) is 24.0 Å². The molecule has 2 rings (SSSR count). The van der Waals surface area contributed by atoms with Crippen LogP contribution in [0.25, 0.3) is 0 Å². The number of aryl methyl sites for hydroxylation is 1. The van der Waals surface area contributed by atoms with Crippen LogP contribution in [0, 0.1) is 12.8 Å². The first-order valence-electron chi connectivity index (χ1n) is 12.1. The highest BCUT2D eigenvalue weighted by Crippen LogP contribution is 2.18. The normalized spacial score (nSPS) is 14.7. The van der Waals surface area contributed by atoms with Gasteiger partial charge in [0.15, 0.2) is 0 Å². The Bertz CT molecular complexity index is 1010. The lowest BCUT2D eigenvalue weighted by atomic mass is 10.0. The van der Waals surface area contributed by atoms with Crippen molar-refractivity contribution in [3.05, 3.63) is 41.5 Å². The fraction of sp³-hybridized carbons (Fsp3) is 0.500. The van der Waals surface area contributed by atoms with Gasteiger partial charge in [0.25, 0.3) is 11.8 Å². The van der Waals surface area contributed by atoms with Gasteiger partial charge in [0.1, 0.15) is 12.1 Å². The third-order valence-corrected chi connectivity index (χ3v) is 6.78. The molecule has 10 heteroatoms. The number of nitrogens with one attached hydrogen (secondary N) is 3. The molecule has 0 radical (unpaired) electrons. The average molecular weight is 610 g/mol. The molecular formula is C26H35IN4O5. The molecule has 0 aromatic heterocycles. The van der Waals surface area contributed by atoms with Gasteiger partial charge in [0.2, 0.25) is 17.7 Å². The lowest BCUT2D eigenvalue weighted by Gasteiger charge is -2.24. The molecule has 1 aliphatic heterocycles. The molecule has 0 unspecified atom stereocenters. The smallest absolute Gasteiger partial charge is 0.253 e. The molecule has 2 atom stereocenters. The topological polar surface area (TPSA) is 125 Å². The summed E-state index contributed by atoms with van der Waals surface area (Å²) < 4.78 is 0.880. The number of hydrogen-bond donors (Lipinski definition) is 3. The number of imide groups is 1. The zero-order valence-electron chi connectivity index (χ0n) is 21.2. The van der Waals surface area contributed by atoms with E-state index in [0.29, 0.717) is 31.5 Å². The number of alkyl halides is 1. The van der Waals surface area contributed by atoms with E-state index < -0.39 is 18.0 Å². The molecule has 1 heterocycles. The van der Waals surface area contributed by atoms with Crippen molar-refractivity contribution in [3.63, 3.8) is 0 Å². The highest BCUT2D eigenvalue weighted by molar-refractivity contribution is 14.1. The average Bonchev–Trinajstić information content (AvgIpc) is 3.14. The molecule has 9 nitrogen and oxygen atoms in total. The van der Waals surface area contributed by atoms with E-state index in [2.05, 4.69) is 38.5 Å². The Morgan fingerprint density at radius 2 is 1.61 bits per heavy atom. The predicted octanol–water partition coefficient (Wildman–Crippen LogP) is 3.00. The van der Waals surface area contributed by atoms with Crippen LogP contribution in [-0.4, -0.2) is 53.1 Å². The van der Waals surface area contributed by atoms with Crippen LogP contribution in [0.4, 0.5) is 5.69 Å². The summed E-state index contributed by atoms with van der Waals surface area (Å²) in [6.07, 6.45) is 4.56. The van der Waals surface area contributed by atoms with Crippen molar-refractivity contribution >= 4 is 57.8 Å². The van der Waals surface area contributed by atoms with Crippen molar-refractivity contribution in [3.8, 4) is 0 Å². The minimum atomic E-state index is -0.786. The lowest BCUT2D eigenvalue weighted by molar-refractivity contribution is -0.137. The second-order valence-electron chi connectivity index (χ2n) is 9.26. The van der Waals surface area contributed by atoms with Crippen molar-refractivity contribution in [2.75, 3.05) is 11.9 Å². The Morgan fingerprint density at radius 3 is 2.19 bits per heavy atom. The first-order chi connectivity index (χ1) is 17.0. The van der Waals surface area contributed by atoms with Gasteiger partial charge >= 0.3 is 0 Å². The molecule has 3 N–H and O–H groups in total. The Labute approximate surface area is 226 Å². The maximum Gasteiger partial charge on any atom is 0.253 e. The van der Waals surface area contributed by atoms with Crippen molar-refractivity contribution in [2.45, 2.75) is 69.9 Å². The summed E-state index contributed by atoms with van der Waals surface area (Å²) in [6, 6.07) is 4.14. The Kier molecular flexibility index (Phi) is 11.5. The molecule has 0 fully saturated rings. The maximum atomic E-state index is 12.8. The van der Waals surface area contributed by atoms with Crippen LogP contribution >= 0.6 is 22.6 Å². The van der Waals surface area contributed by atoms with Crippen LogP contribution in [0.2, 0.25) is 0 Å². The molecule has 0 aliphatic carbocycles. The summed E-state index contributed by atoms with van der Waals surface area (Å²) in [5.74, 6) is -1.82. The largest absolute Gasteiger partial charge is 0.344 e. The molecule has 5 amide bonds. The standard InChI is InChI=1S/C26H35IN4O5/c1-16(2)24(30-21(32)8-6-5-7-13-31-22(33)11-12-23(31)34)26(36)28-18(4)25(35)29-20-10-9-19(15-27)17(3)14-20/h9-12,14,16,18,24H,5-8,13,15H2,1-4H3,(H,28,36)(H,29,35)(H,30,32)/t18-,24-/m0/s1. The molecule has 1 aliphatic rings. The van der Waals surface area contributed by atoms with Crippen LogP contribution in [0.3, 0.4) is 0 Å². The van der Waals surface area contributed by atoms with Crippen molar-refractivity contribution in [2.24, 2.45) is 5.92 Å². The molecular weight excluding hydrogens is 575 g/mol. The van der Waals surface area contributed by atoms with Gasteiger partial charge in [-0.1, -0.05) is 48.9 Å². The molecule has 36 heavy (non-hydrogen) atoms. The van der Waals surface area contributed by atoms with Gasteiger partial charge in [-0.25, -0.2) is 0 Å². The van der Waals surface area contributed by atoms with E-state index in [0.717, 1.165) is 9.99 Å². The predicted molar refractivity (Wildman–Crippen MR) is 146 cm³/mol. The second-order valence-corrected chi connectivity index (χ2v) is 10.0. The molecule has 0 bridgehead atoms. The fourth-order valence-electron chi connectivity index (χ4n) is 3.71. The van der Waals surface area contributed by atoms with E-state index in [1.54, 1.807) is 6.92 Å². The molecule has 0 spiro atoms. The summed E-state index contributed by atoms with van der Waals surface area (Å²) in [5, 5.41) is 8.28. The third-order valence-electron chi connectivity index (χ3n) is 5.96. The molecule has 1 aromatic rings. The SMILES string of the molecule is Cc1cc(NC(=O)[C@H](C)NC(=O)[C@@H](NC(=O)CCCCCN2C(=O)C=CC2=O)C(C)C)ccc1CI. The number of hydrogen-bond acceptors (Lipinski definition) is 5. The number of nitrogens with zero attached hydrogens (tertiary/aromatic N) is 1. The van der Waals surface area contributed by atoms with Gasteiger partial charge in [-0.2, -0.15) is 0 Å². The van der Waals surface area contributed by atoms with Crippen molar-refractivity contribution < 1.29 is 24.0 Å². The molecule has 0 saturated heterocycles. The number of carbonyl (C=O) groups is 5. The molecule has 1 aromatic carbocycles. The van der Waals surface area contributed by atoms with Crippen LogP contribution < -0.4 is 16.0 Å². The first kappa shape index (κ1) is 29.5. The number of carbonyl (C=O) groups excluding carboxylic acids is 5. The Balaban J connectivity index is 1.78. The van der Waals surface area contributed by atoms with Gasteiger partial charge in [-0.15, -0.1) is 0 Å². The fourth-order valence-corrected chi connectivity index (χ4v) is 4.56. The van der Waals surface area contributed by atoms with E-state index in [-0.39, 0.29) is 36.0 Å². The number of benzene rings is 1. The van der Waals surface area contributed by atoms with Gasteiger partial charge < -0.3 is 16.0 Å². The van der Waals surface area contributed by atoms with Crippen molar-refractivity contribution in [1.82, 2.24) is 15.5 Å². The highest BCUT2D eigenvalue weighted by atomic mass is 127. The number of rotatable bonds is 13. The monoisotopic (exact) mass is 610 g/mol. The number of halogens is 1. The third kappa shape index (κ3) is 8.72. The minimum absolute atomic E-state index is 0.174. The summed E-state index contributed by atoms with van der Waals surface area (Å²) >= 11 is 2.29. The van der Waals surface area contributed by atoms with Gasteiger partial charge in [-0.05, 0) is 55.9 Å². The summed E-state index contributed by atoms with van der Waals surface area (Å²) in [4.78, 5) is 62.1. The molecule has 0 saturated carbocycles. The number of anilines is 1. The summed E-state index contributed by atoms with van der Waals surface area (Å²) in [6.45, 7) is 7.56. The van der Waals surface area contributed by atoms with Crippen LogP contribution in [0.1, 0.15) is 57.6 Å². The summed E-state index contributed by atoms with van der Waals surface area (Å²) in [7, 11) is 0.